The molecule has 2 aromatic rings. The number of aliphatic hydroxyl groups is 1. The molecule has 0 spiro atoms. The molecule has 1 aromatic heterocycles. The second-order valence-corrected chi connectivity index (χ2v) is 10.5. The molecule has 0 unspecified atom stereocenters. The number of amides is 1. The Morgan fingerprint density at radius 2 is 2.03 bits per heavy atom. The summed E-state index contributed by atoms with van der Waals surface area (Å²) in [6.07, 6.45) is -0.204. The zero-order valence-corrected chi connectivity index (χ0v) is 20.6. The van der Waals surface area contributed by atoms with Crippen LogP contribution in [-0.4, -0.2) is 80.3 Å². The molecular formula is C22H32N4O6S. The summed E-state index contributed by atoms with van der Waals surface area (Å²) in [4.78, 5) is 17.0. The monoisotopic (exact) mass is 480 g/mol. The molecule has 0 radical (unpaired) electrons. The molecule has 0 aliphatic carbocycles. The largest absolute Gasteiger partial charge is 0.488 e. The van der Waals surface area contributed by atoms with Crippen molar-refractivity contribution in [3.8, 4) is 5.75 Å². The van der Waals surface area contributed by atoms with E-state index >= 15 is 0 Å². The lowest BCUT2D eigenvalue weighted by molar-refractivity contribution is 0.0363. The van der Waals surface area contributed by atoms with Gasteiger partial charge in [0.15, 0.2) is 10.7 Å². The number of benzene rings is 1. The number of sulfonamides is 1. The van der Waals surface area contributed by atoms with Crippen molar-refractivity contribution in [3.05, 3.63) is 35.2 Å². The van der Waals surface area contributed by atoms with Crippen LogP contribution in [0.1, 0.15) is 35.7 Å². The molecule has 3 atom stereocenters. The number of nitrogens with one attached hydrogen (secondary N) is 1. The number of ether oxygens (including phenoxy) is 1. The fourth-order valence-electron chi connectivity index (χ4n) is 3.93. The van der Waals surface area contributed by atoms with Gasteiger partial charge in [-0.3, -0.25) is 9.52 Å². The first-order valence-corrected chi connectivity index (χ1v) is 12.3. The summed E-state index contributed by atoms with van der Waals surface area (Å²) in [6.45, 7) is 7.69. The third-order valence-electron chi connectivity index (χ3n) is 5.70. The smallest absolute Gasteiger partial charge is 0.267 e. The zero-order chi connectivity index (χ0) is 24.5. The summed E-state index contributed by atoms with van der Waals surface area (Å²) in [5, 5.41) is 13.4. The lowest BCUT2D eigenvalue weighted by atomic mass is 9.99. The van der Waals surface area contributed by atoms with Gasteiger partial charge in [-0.15, -0.1) is 0 Å². The highest BCUT2D eigenvalue weighted by atomic mass is 32.2. The van der Waals surface area contributed by atoms with Crippen LogP contribution < -0.4 is 9.46 Å². The van der Waals surface area contributed by atoms with Crippen LogP contribution in [0.15, 0.2) is 27.6 Å². The van der Waals surface area contributed by atoms with Crippen LogP contribution in [-0.2, 0) is 10.0 Å². The second-order valence-electron chi connectivity index (χ2n) is 8.85. The minimum absolute atomic E-state index is 0.0104. The molecule has 3 rings (SSSR count). The summed E-state index contributed by atoms with van der Waals surface area (Å²) in [6, 6.07) is 4.21. The summed E-state index contributed by atoms with van der Waals surface area (Å²) >= 11 is 0. The number of rotatable bonds is 7. The molecule has 2 N–H and O–H groups in total. The third-order valence-corrected chi connectivity index (χ3v) is 7.32. The number of hydrogen-bond acceptors (Lipinski definition) is 8. The molecular weight excluding hydrogens is 448 g/mol. The predicted octanol–water partition coefficient (Wildman–Crippen LogP) is 1.87. The molecule has 2 heterocycles. The molecule has 182 valence electrons. The maximum atomic E-state index is 13.4. The topological polar surface area (TPSA) is 125 Å². The van der Waals surface area contributed by atoms with E-state index in [2.05, 4.69) is 9.88 Å². The molecule has 1 aromatic carbocycles. The molecule has 1 aliphatic heterocycles. The molecule has 1 amide bonds. The van der Waals surface area contributed by atoms with Gasteiger partial charge in [-0.2, -0.15) is 0 Å². The summed E-state index contributed by atoms with van der Waals surface area (Å²) in [5.41, 5.74) is 0.680. The normalized spacial score (nSPS) is 20.1. The number of aromatic nitrogens is 1. The van der Waals surface area contributed by atoms with E-state index in [1.807, 2.05) is 25.9 Å². The van der Waals surface area contributed by atoms with E-state index in [-0.39, 0.29) is 52.1 Å². The van der Waals surface area contributed by atoms with Crippen molar-refractivity contribution in [2.75, 3.05) is 38.5 Å². The molecule has 0 saturated heterocycles. The van der Waals surface area contributed by atoms with E-state index < -0.39 is 16.1 Å². The molecule has 0 bridgehead atoms. The fourth-order valence-corrected chi connectivity index (χ4v) is 5.31. The van der Waals surface area contributed by atoms with Gasteiger partial charge in [0.1, 0.15) is 17.5 Å². The van der Waals surface area contributed by atoms with Gasteiger partial charge in [-0.05, 0) is 53.1 Å². The third kappa shape index (κ3) is 5.31. The lowest BCUT2D eigenvalue weighted by Crippen LogP contribution is -2.49. The number of anilines is 1. The maximum absolute atomic E-state index is 13.4. The average Bonchev–Trinajstić information content (AvgIpc) is 3.08. The average molecular weight is 481 g/mol. The predicted molar refractivity (Wildman–Crippen MR) is 123 cm³/mol. The van der Waals surface area contributed by atoms with Crippen LogP contribution in [0.3, 0.4) is 0 Å². The van der Waals surface area contributed by atoms with Gasteiger partial charge in [0.25, 0.3) is 15.9 Å². The molecule has 10 nitrogen and oxygen atoms in total. The lowest BCUT2D eigenvalue weighted by Gasteiger charge is -2.37. The van der Waals surface area contributed by atoms with E-state index in [9.17, 15) is 18.3 Å². The van der Waals surface area contributed by atoms with Gasteiger partial charge in [0.05, 0.1) is 18.2 Å². The molecule has 0 fully saturated rings. The van der Waals surface area contributed by atoms with Gasteiger partial charge < -0.3 is 24.2 Å². The minimum atomic E-state index is -3.98. The Hall–Kier alpha value is -2.63. The summed E-state index contributed by atoms with van der Waals surface area (Å²) in [5.74, 6) is 0.222. The van der Waals surface area contributed by atoms with Gasteiger partial charge in [0.2, 0.25) is 0 Å². The van der Waals surface area contributed by atoms with Crippen LogP contribution in [0.5, 0.6) is 5.75 Å². The minimum Gasteiger partial charge on any atom is -0.488 e. The highest BCUT2D eigenvalue weighted by Gasteiger charge is 2.33. The van der Waals surface area contributed by atoms with E-state index in [1.165, 1.54) is 13.0 Å². The van der Waals surface area contributed by atoms with E-state index in [4.69, 9.17) is 9.26 Å². The van der Waals surface area contributed by atoms with Crippen molar-refractivity contribution in [2.24, 2.45) is 5.92 Å². The van der Waals surface area contributed by atoms with Gasteiger partial charge in [-0.25, -0.2) is 8.42 Å². The van der Waals surface area contributed by atoms with Crippen molar-refractivity contribution in [1.82, 2.24) is 15.0 Å². The van der Waals surface area contributed by atoms with Crippen LogP contribution in [0.4, 0.5) is 5.69 Å². The molecule has 11 heteroatoms. The fraction of sp³-hybridized carbons (Fsp3) is 0.545. The SMILES string of the molecule is Cc1noc(C)c1S(=O)(=O)Nc1ccc2c(c1)C(=O)N([C@@H](C)CO)C[C@@H](C)[C@@H](CN(C)C)O2. The van der Waals surface area contributed by atoms with Crippen LogP contribution in [0.25, 0.3) is 0 Å². The first kappa shape index (κ1) is 25.0. The van der Waals surface area contributed by atoms with Crippen molar-refractivity contribution in [1.29, 1.82) is 0 Å². The Bertz CT molecular complexity index is 1090. The Balaban J connectivity index is 2.03. The van der Waals surface area contributed by atoms with E-state index in [1.54, 1.807) is 30.9 Å². The number of carbonyl (C=O) groups is 1. The van der Waals surface area contributed by atoms with Crippen molar-refractivity contribution >= 4 is 21.6 Å². The second kappa shape index (κ2) is 9.70. The van der Waals surface area contributed by atoms with Crippen molar-refractivity contribution in [2.45, 2.75) is 44.7 Å². The first-order valence-electron chi connectivity index (χ1n) is 10.8. The first-order chi connectivity index (χ1) is 15.4. The Kier molecular flexibility index (Phi) is 7.35. The summed E-state index contributed by atoms with van der Waals surface area (Å²) < 4.78 is 39.6. The van der Waals surface area contributed by atoms with Crippen LogP contribution in [0.2, 0.25) is 0 Å². The standard InChI is InChI=1S/C22H32N4O6S/c1-13-10-26(14(2)12-27)22(28)18-9-17(7-8-19(18)31-20(13)11-25(5)6)24-33(29,30)21-15(3)23-32-16(21)4/h7-9,13-14,20,24,27H,10-12H2,1-6H3/t13-,14+,20-/m1/s1. The van der Waals surface area contributed by atoms with Gasteiger partial charge in [0, 0.05) is 24.7 Å². The zero-order valence-electron chi connectivity index (χ0n) is 19.8. The summed E-state index contributed by atoms with van der Waals surface area (Å²) in [7, 11) is -0.0882. The number of nitrogens with zero attached hydrogens (tertiary/aromatic N) is 3. The van der Waals surface area contributed by atoms with Crippen molar-refractivity contribution < 1.29 is 27.6 Å². The van der Waals surface area contributed by atoms with E-state index in [0.717, 1.165) is 0 Å². The Morgan fingerprint density at radius 3 is 2.61 bits per heavy atom. The van der Waals surface area contributed by atoms with E-state index in [0.29, 0.717) is 18.8 Å². The van der Waals surface area contributed by atoms with Crippen LogP contribution >= 0.6 is 0 Å². The highest BCUT2D eigenvalue weighted by Crippen LogP contribution is 2.32. The Labute approximate surface area is 194 Å². The number of carbonyl (C=O) groups excluding carboxylic acids is 1. The number of aliphatic hydroxyl groups excluding tert-OH is 1. The van der Waals surface area contributed by atoms with Crippen LogP contribution in [0, 0.1) is 19.8 Å². The highest BCUT2D eigenvalue weighted by molar-refractivity contribution is 7.92. The van der Waals surface area contributed by atoms with Crippen molar-refractivity contribution in [3.63, 3.8) is 0 Å². The molecule has 0 saturated carbocycles. The quantitative estimate of drug-likeness (QED) is 0.615. The Morgan fingerprint density at radius 1 is 1.33 bits per heavy atom. The maximum Gasteiger partial charge on any atom is 0.267 e. The number of fused-ring (bicyclic) bond motifs is 1. The van der Waals surface area contributed by atoms with Gasteiger partial charge in [-0.1, -0.05) is 12.1 Å². The number of aryl methyl sites for hydroxylation is 2. The number of likely N-dealkylation sites (N-methyl/N-ethyl adjacent to an activating group) is 1. The number of hydrogen-bond donors (Lipinski definition) is 2. The van der Waals surface area contributed by atoms with Gasteiger partial charge >= 0.3 is 0 Å². The molecule has 1 aliphatic rings. The molecule has 33 heavy (non-hydrogen) atoms.